The molecule has 4 heteroatoms. The highest BCUT2D eigenvalue weighted by atomic mass is 15.2. The molecule has 0 amide bonds. The lowest BCUT2D eigenvalue weighted by atomic mass is 10.0. The van der Waals surface area contributed by atoms with Gasteiger partial charge in [0.2, 0.25) is 0 Å². The maximum Gasteiger partial charge on any atom is 0.128 e. The number of aromatic amines is 1. The second-order valence-corrected chi connectivity index (χ2v) is 6.01. The van der Waals surface area contributed by atoms with E-state index in [-0.39, 0.29) is 0 Å². The minimum absolute atomic E-state index is 0.436. The van der Waals surface area contributed by atoms with Gasteiger partial charge in [-0.15, -0.1) is 0 Å². The summed E-state index contributed by atoms with van der Waals surface area (Å²) >= 11 is 0. The van der Waals surface area contributed by atoms with Crippen LogP contribution in [-0.2, 0) is 6.42 Å². The highest BCUT2D eigenvalue weighted by molar-refractivity contribution is 5.87. The minimum Gasteiger partial charge on any atom is -0.361 e. The van der Waals surface area contributed by atoms with Crippen molar-refractivity contribution in [3.63, 3.8) is 0 Å². The molecule has 0 bridgehead atoms. The maximum atomic E-state index is 8.87. The Balaban J connectivity index is 1.64. The largest absolute Gasteiger partial charge is 0.361 e. The molecule has 0 aliphatic carbocycles. The van der Waals surface area contributed by atoms with E-state index in [0.717, 1.165) is 46.5 Å². The zero-order chi connectivity index (χ0) is 15.6. The lowest BCUT2D eigenvalue weighted by Crippen LogP contribution is -2.18. The highest BCUT2D eigenvalue weighted by Gasteiger charge is 2.13. The van der Waals surface area contributed by atoms with Gasteiger partial charge >= 0.3 is 0 Å². The number of H-pyrrole nitrogens is 1. The first-order valence-electron chi connectivity index (χ1n) is 8.03. The number of aromatic nitrogens is 2. The molecule has 3 heterocycles. The fourth-order valence-electron chi connectivity index (χ4n) is 3.29. The number of nitrogens with zero attached hydrogens (tertiary/aromatic N) is 3. The van der Waals surface area contributed by atoms with Crippen molar-refractivity contribution in [2.24, 2.45) is 0 Å². The number of fused-ring (bicyclic) bond motifs is 1. The molecule has 1 saturated heterocycles. The topological polar surface area (TPSA) is 55.7 Å². The zero-order valence-electron chi connectivity index (χ0n) is 12.9. The van der Waals surface area contributed by atoms with Crippen LogP contribution in [0.5, 0.6) is 0 Å². The number of pyridine rings is 1. The quantitative estimate of drug-likeness (QED) is 0.798. The predicted molar refractivity (Wildman–Crippen MR) is 92.3 cm³/mol. The van der Waals surface area contributed by atoms with E-state index < -0.39 is 0 Å². The lowest BCUT2D eigenvalue weighted by molar-refractivity contribution is 0.938. The first kappa shape index (κ1) is 13.8. The number of nitrogens with one attached hydrogen (secondary N) is 1. The molecule has 1 aromatic carbocycles. The number of rotatable bonds is 3. The summed E-state index contributed by atoms with van der Waals surface area (Å²) in [4.78, 5) is 10.2. The molecular weight excluding hydrogens is 284 g/mol. The van der Waals surface area contributed by atoms with Gasteiger partial charge < -0.3 is 9.88 Å². The van der Waals surface area contributed by atoms with Gasteiger partial charge in [0, 0.05) is 41.9 Å². The van der Waals surface area contributed by atoms with E-state index in [1.54, 1.807) is 0 Å². The predicted octanol–water partition coefficient (Wildman–Crippen LogP) is 3.90. The summed E-state index contributed by atoms with van der Waals surface area (Å²) < 4.78 is 0. The van der Waals surface area contributed by atoms with Crippen molar-refractivity contribution in [2.45, 2.75) is 19.3 Å². The number of anilines is 1. The molecule has 4 rings (SSSR count). The fraction of sp³-hybridized carbons (Fsp3) is 0.263. The van der Waals surface area contributed by atoms with Crippen molar-refractivity contribution in [3.05, 3.63) is 48.3 Å². The molecular formula is C19H18N4. The van der Waals surface area contributed by atoms with E-state index >= 15 is 0 Å². The third kappa shape index (κ3) is 2.55. The van der Waals surface area contributed by atoms with Crippen LogP contribution in [0.1, 0.15) is 18.4 Å². The molecule has 23 heavy (non-hydrogen) atoms. The van der Waals surface area contributed by atoms with Crippen LogP contribution in [-0.4, -0.2) is 23.1 Å². The Kier molecular flexibility index (Phi) is 3.47. The van der Waals surface area contributed by atoms with Crippen LogP contribution >= 0.6 is 0 Å². The van der Waals surface area contributed by atoms with Crippen molar-refractivity contribution in [1.29, 1.82) is 5.26 Å². The van der Waals surface area contributed by atoms with E-state index in [1.165, 1.54) is 12.8 Å². The van der Waals surface area contributed by atoms with Crippen molar-refractivity contribution in [3.8, 4) is 17.2 Å². The Bertz CT molecular complexity index is 865. The Hall–Kier alpha value is -2.80. The van der Waals surface area contributed by atoms with Crippen molar-refractivity contribution in [2.75, 3.05) is 18.0 Å². The monoisotopic (exact) mass is 302 g/mol. The SMILES string of the molecule is N#CCc1c[nH]c2cc(-c3ccc(N4CCCC4)nc3)ccc12. The van der Waals surface area contributed by atoms with Crippen LogP contribution in [0.3, 0.4) is 0 Å². The van der Waals surface area contributed by atoms with Crippen LogP contribution in [0.4, 0.5) is 5.82 Å². The number of hydrogen-bond donors (Lipinski definition) is 1. The van der Waals surface area contributed by atoms with Crippen LogP contribution in [0.25, 0.3) is 22.0 Å². The Morgan fingerprint density at radius 2 is 1.96 bits per heavy atom. The summed E-state index contributed by atoms with van der Waals surface area (Å²) in [5.41, 5.74) is 4.38. The normalized spacial score (nSPS) is 14.3. The summed E-state index contributed by atoms with van der Waals surface area (Å²) in [5.74, 6) is 1.07. The average Bonchev–Trinajstić information content (AvgIpc) is 3.25. The molecule has 0 spiro atoms. The number of nitriles is 1. The molecule has 1 fully saturated rings. The lowest BCUT2D eigenvalue weighted by Gasteiger charge is -2.16. The van der Waals surface area contributed by atoms with Crippen LogP contribution < -0.4 is 4.90 Å². The van der Waals surface area contributed by atoms with Crippen LogP contribution in [0.2, 0.25) is 0 Å². The number of benzene rings is 1. The molecule has 0 unspecified atom stereocenters. The summed E-state index contributed by atoms with van der Waals surface area (Å²) in [7, 11) is 0. The van der Waals surface area contributed by atoms with Crippen LogP contribution in [0.15, 0.2) is 42.7 Å². The third-order valence-corrected chi connectivity index (χ3v) is 4.55. The Labute approximate surface area is 135 Å². The van der Waals surface area contributed by atoms with E-state index in [2.05, 4.69) is 51.3 Å². The van der Waals surface area contributed by atoms with E-state index in [4.69, 9.17) is 5.26 Å². The summed E-state index contributed by atoms with van der Waals surface area (Å²) in [6, 6.07) is 12.8. The second kappa shape index (κ2) is 5.77. The Morgan fingerprint density at radius 1 is 1.13 bits per heavy atom. The van der Waals surface area contributed by atoms with Gasteiger partial charge in [0.15, 0.2) is 0 Å². The van der Waals surface area contributed by atoms with Crippen molar-refractivity contribution in [1.82, 2.24) is 9.97 Å². The van der Waals surface area contributed by atoms with Gasteiger partial charge in [-0.05, 0) is 42.2 Å². The first-order chi connectivity index (χ1) is 11.3. The number of hydrogen-bond acceptors (Lipinski definition) is 3. The van der Waals surface area contributed by atoms with Crippen LogP contribution in [0, 0.1) is 11.3 Å². The fourth-order valence-corrected chi connectivity index (χ4v) is 3.29. The molecule has 2 aromatic heterocycles. The van der Waals surface area contributed by atoms with Gasteiger partial charge in [0.1, 0.15) is 5.82 Å². The molecule has 114 valence electrons. The smallest absolute Gasteiger partial charge is 0.128 e. The second-order valence-electron chi connectivity index (χ2n) is 6.01. The molecule has 1 aliphatic heterocycles. The molecule has 1 aliphatic rings. The molecule has 4 nitrogen and oxygen atoms in total. The third-order valence-electron chi connectivity index (χ3n) is 4.55. The molecule has 0 atom stereocenters. The average molecular weight is 302 g/mol. The maximum absolute atomic E-state index is 8.87. The van der Waals surface area contributed by atoms with Gasteiger partial charge in [-0.2, -0.15) is 5.26 Å². The zero-order valence-corrected chi connectivity index (χ0v) is 12.9. The first-order valence-corrected chi connectivity index (χ1v) is 8.03. The van der Waals surface area contributed by atoms with Crippen molar-refractivity contribution < 1.29 is 0 Å². The summed E-state index contributed by atoms with van der Waals surface area (Å²) in [6.07, 6.45) is 6.83. The van der Waals surface area contributed by atoms with Gasteiger partial charge in [0.05, 0.1) is 12.5 Å². The molecule has 3 aromatic rings. The van der Waals surface area contributed by atoms with Gasteiger partial charge in [-0.1, -0.05) is 12.1 Å². The Morgan fingerprint density at radius 3 is 2.70 bits per heavy atom. The van der Waals surface area contributed by atoms with E-state index in [1.807, 2.05) is 12.4 Å². The van der Waals surface area contributed by atoms with Gasteiger partial charge in [-0.3, -0.25) is 0 Å². The molecule has 0 saturated carbocycles. The molecule has 1 N–H and O–H groups in total. The van der Waals surface area contributed by atoms with E-state index in [9.17, 15) is 0 Å². The summed E-state index contributed by atoms with van der Waals surface area (Å²) in [5, 5.41) is 9.99. The molecule has 0 radical (unpaired) electrons. The van der Waals surface area contributed by atoms with Gasteiger partial charge in [0.25, 0.3) is 0 Å². The van der Waals surface area contributed by atoms with Crippen molar-refractivity contribution >= 4 is 16.7 Å². The highest BCUT2D eigenvalue weighted by Crippen LogP contribution is 2.27. The minimum atomic E-state index is 0.436. The standard InChI is InChI=1S/C19H18N4/c20-8-7-16-13-21-18-11-14(3-5-17(16)18)15-4-6-19(22-12-15)23-9-1-2-10-23/h3-6,11-13,21H,1-2,7,9-10H2. The van der Waals surface area contributed by atoms with Gasteiger partial charge in [-0.25, -0.2) is 4.98 Å². The summed E-state index contributed by atoms with van der Waals surface area (Å²) in [6.45, 7) is 2.23. The van der Waals surface area contributed by atoms with E-state index in [0.29, 0.717) is 6.42 Å².